The molecule has 2 aliphatic heterocycles. The van der Waals surface area contributed by atoms with Gasteiger partial charge in [0.05, 0.1) is 27.6 Å². The number of fused-ring (bicyclic) bond motifs is 1. The highest BCUT2D eigenvalue weighted by Crippen LogP contribution is 2.42. The molecule has 0 bridgehead atoms. The number of aliphatic imine (C=N–C) groups is 1. The summed E-state index contributed by atoms with van der Waals surface area (Å²) in [5.74, 6) is -0.447. The minimum atomic E-state index is -3.18. The molecule has 2 aliphatic rings. The van der Waals surface area contributed by atoms with Gasteiger partial charge in [0.15, 0.2) is 15.0 Å². The number of hydrogen-bond donors (Lipinski definition) is 1. The minimum absolute atomic E-state index is 0.0214. The van der Waals surface area contributed by atoms with Crippen molar-refractivity contribution in [3.05, 3.63) is 28.2 Å². The number of amidine groups is 1. The van der Waals surface area contributed by atoms with Crippen LogP contribution in [0.3, 0.4) is 0 Å². The van der Waals surface area contributed by atoms with Gasteiger partial charge in [-0.2, -0.15) is 4.99 Å². The molecule has 31 heavy (non-hydrogen) atoms. The van der Waals surface area contributed by atoms with E-state index in [9.17, 15) is 18.0 Å². The van der Waals surface area contributed by atoms with E-state index in [1.165, 1.54) is 11.8 Å². The molecule has 1 N–H and O–H groups in total. The van der Waals surface area contributed by atoms with Gasteiger partial charge in [0.1, 0.15) is 5.60 Å². The quantitative estimate of drug-likeness (QED) is 0.664. The molecule has 2 saturated heterocycles. The highest BCUT2D eigenvalue weighted by Gasteiger charge is 2.49. The van der Waals surface area contributed by atoms with E-state index in [0.29, 0.717) is 20.9 Å². The van der Waals surface area contributed by atoms with Crippen LogP contribution < -0.4 is 10.2 Å². The number of hydrogen-bond acceptors (Lipinski definition) is 6. The zero-order valence-electron chi connectivity index (χ0n) is 17.2. The molecule has 1 aromatic rings. The summed E-state index contributed by atoms with van der Waals surface area (Å²) in [6.07, 6.45) is -0.632. The van der Waals surface area contributed by atoms with E-state index in [-0.39, 0.29) is 35.8 Å². The first-order valence-electron chi connectivity index (χ1n) is 9.54. The Balaban J connectivity index is 1.74. The molecule has 2 atom stereocenters. The van der Waals surface area contributed by atoms with E-state index in [0.717, 1.165) is 0 Å². The van der Waals surface area contributed by atoms with E-state index in [2.05, 4.69) is 10.3 Å². The highest BCUT2D eigenvalue weighted by atomic mass is 35.5. The summed E-state index contributed by atoms with van der Waals surface area (Å²) in [4.78, 5) is 30.1. The van der Waals surface area contributed by atoms with Crippen LogP contribution in [0.4, 0.5) is 10.5 Å². The molecule has 0 radical (unpaired) electrons. The fraction of sp³-hybridized carbons (Fsp3) is 0.526. The number of halogens is 2. The topological polar surface area (TPSA) is 105 Å². The lowest BCUT2D eigenvalue weighted by Gasteiger charge is -2.24. The average molecular weight is 508 g/mol. The Morgan fingerprint density at radius 2 is 1.97 bits per heavy atom. The van der Waals surface area contributed by atoms with Gasteiger partial charge in [0.25, 0.3) is 0 Å². The van der Waals surface area contributed by atoms with Crippen LogP contribution in [0.5, 0.6) is 0 Å². The SMILES string of the molecule is CC(C)(C)OC(=O)NCCC(=O)N=C1S[C@@H]2CS(=O)(=O)C[C@H]2N1c1ccc(Cl)c(Cl)c1. The molecule has 0 spiro atoms. The van der Waals surface area contributed by atoms with Gasteiger partial charge in [-0.05, 0) is 39.0 Å². The molecule has 2 fully saturated rings. The molecule has 0 aromatic heterocycles. The number of anilines is 1. The van der Waals surface area contributed by atoms with Crippen molar-refractivity contribution >= 4 is 67.7 Å². The van der Waals surface area contributed by atoms with Gasteiger partial charge in [0.2, 0.25) is 5.91 Å². The summed E-state index contributed by atoms with van der Waals surface area (Å²) in [7, 11) is -3.18. The first-order chi connectivity index (χ1) is 14.3. The Morgan fingerprint density at radius 3 is 2.61 bits per heavy atom. The molecule has 12 heteroatoms. The number of nitrogens with one attached hydrogen (secondary N) is 1. The number of rotatable bonds is 4. The zero-order valence-corrected chi connectivity index (χ0v) is 20.4. The minimum Gasteiger partial charge on any atom is -0.444 e. The fourth-order valence-electron chi connectivity index (χ4n) is 3.25. The number of nitrogens with zero attached hydrogens (tertiary/aromatic N) is 2. The van der Waals surface area contributed by atoms with E-state index >= 15 is 0 Å². The summed E-state index contributed by atoms with van der Waals surface area (Å²) in [6, 6.07) is 4.61. The van der Waals surface area contributed by atoms with Crippen molar-refractivity contribution in [2.24, 2.45) is 4.99 Å². The number of amides is 2. The van der Waals surface area contributed by atoms with Crippen molar-refractivity contribution < 1.29 is 22.7 Å². The number of ether oxygens (including phenoxy) is 1. The Kier molecular flexibility index (Phi) is 7.15. The van der Waals surface area contributed by atoms with E-state index in [1.807, 2.05) is 0 Å². The van der Waals surface area contributed by atoms with Crippen molar-refractivity contribution in [1.29, 1.82) is 0 Å². The van der Waals surface area contributed by atoms with Crippen LogP contribution in [-0.2, 0) is 19.4 Å². The molecule has 3 rings (SSSR count). The van der Waals surface area contributed by atoms with Crippen LogP contribution in [0.1, 0.15) is 27.2 Å². The molecule has 1 aromatic carbocycles. The van der Waals surface area contributed by atoms with Crippen molar-refractivity contribution in [1.82, 2.24) is 5.32 Å². The van der Waals surface area contributed by atoms with Gasteiger partial charge in [-0.25, -0.2) is 13.2 Å². The Morgan fingerprint density at radius 1 is 1.26 bits per heavy atom. The van der Waals surface area contributed by atoms with Gasteiger partial charge >= 0.3 is 6.09 Å². The third-order valence-corrected chi connectivity index (χ3v) is 8.42. The third kappa shape index (κ3) is 6.27. The average Bonchev–Trinajstić information content (AvgIpc) is 3.06. The molecule has 2 heterocycles. The van der Waals surface area contributed by atoms with E-state index in [1.54, 1.807) is 43.9 Å². The first-order valence-corrected chi connectivity index (χ1v) is 13.0. The number of sulfone groups is 1. The summed E-state index contributed by atoms with van der Waals surface area (Å²) < 4.78 is 29.4. The van der Waals surface area contributed by atoms with Crippen molar-refractivity contribution in [3.63, 3.8) is 0 Å². The van der Waals surface area contributed by atoms with Gasteiger partial charge in [-0.3, -0.25) is 4.79 Å². The fourth-order valence-corrected chi connectivity index (χ4v) is 7.47. The van der Waals surface area contributed by atoms with Crippen LogP contribution in [0.2, 0.25) is 10.0 Å². The predicted molar refractivity (Wildman–Crippen MR) is 124 cm³/mol. The Hall–Kier alpha value is -1.49. The third-order valence-electron chi connectivity index (χ3n) is 4.48. The summed E-state index contributed by atoms with van der Waals surface area (Å²) in [6.45, 7) is 5.31. The van der Waals surface area contributed by atoms with Gasteiger partial charge < -0.3 is 15.0 Å². The Bertz CT molecular complexity index is 1020. The van der Waals surface area contributed by atoms with Crippen LogP contribution in [0.25, 0.3) is 0 Å². The van der Waals surface area contributed by atoms with Crippen molar-refractivity contribution in [2.45, 2.75) is 44.1 Å². The van der Waals surface area contributed by atoms with Crippen LogP contribution in [-0.4, -0.2) is 60.5 Å². The molecule has 8 nitrogen and oxygen atoms in total. The second-order valence-electron chi connectivity index (χ2n) is 8.24. The molecular weight excluding hydrogens is 485 g/mol. The van der Waals surface area contributed by atoms with Crippen LogP contribution >= 0.6 is 35.0 Å². The summed E-state index contributed by atoms with van der Waals surface area (Å²) >= 11 is 13.4. The molecule has 170 valence electrons. The second-order valence-corrected chi connectivity index (χ2v) is 12.4. The molecule has 0 saturated carbocycles. The lowest BCUT2D eigenvalue weighted by Crippen LogP contribution is -2.37. The normalized spacial score (nSPS) is 23.6. The summed E-state index contributed by atoms with van der Waals surface area (Å²) in [5.41, 5.74) is -0.0160. The van der Waals surface area contributed by atoms with Gasteiger partial charge in [0, 0.05) is 23.9 Å². The predicted octanol–water partition coefficient (Wildman–Crippen LogP) is 3.51. The lowest BCUT2D eigenvalue weighted by atomic mass is 10.2. The molecular formula is C19H23Cl2N3O5S2. The maximum Gasteiger partial charge on any atom is 0.407 e. The standard InChI is InChI=1S/C19H23Cl2N3O5S2/c1-19(2,3)29-18(26)22-7-6-16(25)23-17-24(11-4-5-12(20)13(21)8-11)14-9-31(27,28)10-15(14)30-17/h4-5,8,14-15H,6-7,9-10H2,1-3H3,(H,22,26)/t14-,15-/m1/s1. The van der Waals surface area contributed by atoms with E-state index in [4.69, 9.17) is 27.9 Å². The summed E-state index contributed by atoms with van der Waals surface area (Å²) in [5, 5.41) is 3.39. The maximum atomic E-state index is 12.4. The molecule has 0 aliphatic carbocycles. The van der Waals surface area contributed by atoms with Crippen LogP contribution in [0.15, 0.2) is 23.2 Å². The van der Waals surface area contributed by atoms with Crippen LogP contribution in [0, 0.1) is 0 Å². The van der Waals surface area contributed by atoms with Gasteiger partial charge in [-0.15, -0.1) is 0 Å². The van der Waals surface area contributed by atoms with Crippen molar-refractivity contribution in [2.75, 3.05) is 23.0 Å². The molecule has 2 amide bonds. The monoisotopic (exact) mass is 507 g/mol. The zero-order chi connectivity index (χ0) is 23.0. The number of alkyl carbamates (subject to hydrolysis) is 1. The number of benzene rings is 1. The van der Waals surface area contributed by atoms with Crippen molar-refractivity contribution in [3.8, 4) is 0 Å². The lowest BCUT2D eigenvalue weighted by molar-refractivity contribution is -0.117. The maximum absolute atomic E-state index is 12.4. The van der Waals surface area contributed by atoms with E-state index < -0.39 is 27.4 Å². The Labute approximate surface area is 195 Å². The number of carbonyl (C=O) groups is 2. The molecule has 0 unspecified atom stereocenters. The largest absolute Gasteiger partial charge is 0.444 e. The number of carbonyl (C=O) groups excluding carboxylic acids is 2. The number of thioether (sulfide) groups is 1. The first kappa shape index (κ1) is 24.2. The van der Waals surface area contributed by atoms with Gasteiger partial charge in [-0.1, -0.05) is 35.0 Å². The highest BCUT2D eigenvalue weighted by molar-refractivity contribution is 8.16. The smallest absolute Gasteiger partial charge is 0.407 e. The second kappa shape index (κ2) is 9.17.